The maximum absolute atomic E-state index is 11.9. The lowest BCUT2D eigenvalue weighted by molar-refractivity contribution is -0.139. The van der Waals surface area contributed by atoms with E-state index in [9.17, 15) is 26.4 Å². The van der Waals surface area contributed by atoms with Gasteiger partial charge in [0.1, 0.15) is 12.3 Å². The molecule has 1 aromatic carbocycles. The monoisotopic (exact) mass is 326 g/mol. The summed E-state index contributed by atoms with van der Waals surface area (Å²) in [6.45, 7) is -0.554. The molecule has 3 N–H and O–H groups in total. The van der Waals surface area contributed by atoms with E-state index in [-0.39, 0.29) is 10.6 Å². The first-order chi connectivity index (χ1) is 9.49. The molecule has 0 aromatic heterocycles. The summed E-state index contributed by atoms with van der Waals surface area (Å²) in [5, 5.41) is 6.58. The van der Waals surface area contributed by atoms with Crippen LogP contribution in [0.4, 0.5) is 13.2 Å². The summed E-state index contributed by atoms with van der Waals surface area (Å²) in [7, 11) is -3.86. The van der Waals surface area contributed by atoms with Gasteiger partial charge in [0.2, 0.25) is 10.0 Å². The van der Waals surface area contributed by atoms with Crippen LogP contribution in [0.5, 0.6) is 5.75 Å². The molecule has 0 aliphatic heterocycles. The largest absolute Gasteiger partial charge is 0.484 e. The minimum absolute atomic E-state index is 0.131. The summed E-state index contributed by atoms with van der Waals surface area (Å²) in [4.78, 5) is 11.0. The van der Waals surface area contributed by atoms with E-state index in [1.54, 1.807) is 5.32 Å². The third kappa shape index (κ3) is 6.00. The van der Waals surface area contributed by atoms with Crippen molar-refractivity contribution in [3.63, 3.8) is 0 Å². The van der Waals surface area contributed by atoms with Crippen LogP contribution in [0.15, 0.2) is 23.1 Å². The molecule has 0 bridgehead atoms. The third-order valence-electron chi connectivity index (χ3n) is 2.32. The molecule has 0 aliphatic carbocycles. The number of aryl methyl sites for hydroxylation is 1. The van der Waals surface area contributed by atoms with Gasteiger partial charge in [0.05, 0.1) is 4.90 Å². The minimum Gasteiger partial charge on any atom is -0.484 e. The van der Waals surface area contributed by atoms with Crippen molar-refractivity contribution in [1.29, 1.82) is 0 Å². The van der Waals surface area contributed by atoms with E-state index in [4.69, 9.17) is 9.88 Å². The fourth-order valence-corrected chi connectivity index (χ4v) is 1.95. The molecule has 10 heteroatoms. The summed E-state index contributed by atoms with van der Waals surface area (Å²) in [5.41, 5.74) is 0.380. The van der Waals surface area contributed by atoms with Crippen molar-refractivity contribution in [2.75, 3.05) is 13.2 Å². The van der Waals surface area contributed by atoms with Crippen molar-refractivity contribution in [3.8, 4) is 5.75 Å². The number of alkyl halides is 3. The van der Waals surface area contributed by atoms with Crippen molar-refractivity contribution in [2.24, 2.45) is 5.14 Å². The lowest BCUT2D eigenvalue weighted by Crippen LogP contribution is -2.36. The molecule has 0 heterocycles. The molecule has 118 valence electrons. The molecule has 6 nitrogen and oxygen atoms in total. The second-order valence-corrected chi connectivity index (χ2v) is 5.71. The van der Waals surface area contributed by atoms with E-state index < -0.39 is 35.3 Å². The number of carbonyl (C=O) groups is 1. The highest BCUT2D eigenvalue weighted by Crippen LogP contribution is 2.21. The Morgan fingerprint density at radius 2 is 2.00 bits per heavy atom. The Morgan fingerprint density at radius 3 is 2.48 bits per heavy atom. The van der Waals surface area contributed by atoms with E-state index in [1.165, 1.54) is 25.1 Å². The molecule has 0 fully saturated rings. The Balaban J connectivity index is 2.63. The highest BCUT2D eigenvalue weighted by atomic mass is 32.2. The molecule has 0 atom stereocenters. The van der Waals surface area contributed by atoms with Gasteiger partial charge in [-0.1, -0.05) is 0 Å². The van der Waals surface area contributed by atoms with Gasteiger partial charge in [-0.3, -0.25) is 4.79 Å². The zero-order chi connectivity index (χ0) is 16.3. The quantitative estimate of drug-likeness (QED) is 0.832. The van der Waals surface area contributed by atoms with Gasteiger partial charge in [-0.15, -0.1) is 0 Å². The number of nitrogens with two attached hydrogens (primary N) is 1. The van der Waals surface area contributed by atoms with Crippen LogP contribution in [-0.2, 0) is 14.8 Å². The fraction of sp³-hybridized carbons (Fsp3) is 0.364. The zero-order valence-corrected chi connectivity index (χ0v) is 11.7. The number of hydrogen-bond donors (Lipinski definition) is 2. The smallest absolute Gasteiger partial charge is 0.405 e. The molecule has 21 heavy (non-hydrogen) atoms. The lowest BCUT2D eigenvalue weighted by atomic mass is 10.2. The van der Waals surface area contributed by atoms with Crippen LogP contribution in [0.2, 0.25) is 0 Å². The average molecular weight is 326 g/mol. The number of primary sulfonamides is 1. The molecular formula is C11H13F3N2O4S. The lowest BCUT2D eigenvalue weighted by Gasteiger charge is -2.11. The number of nitrogens with one attached hydrogen (secondary N) is 1. The molecule has 0 spiro atoms. The van der Waals surface area contributed by atoms with Gasteiger partial charge in [-0.05, 0) is 30.7 Å². The number of hydrogen-bond acceptors (Lipinski definition) is 4. The summed E-state index contributed by atoms with van der Waals surface area (Å²) in [6, 6.07) is 3.68. The molecule has 1 aromatic rings. The number of ether oxygens (including phenoxy) is 1. The van der Waals surface area contributed by atoms with Crippen molar-refractivity contribution < 1.29 is 31.1 Å². The molecule has 0 saturated heterocycles. The predicted molar refractivity (Wildman–Crippen MR) is 67.1 cm³/mol. The van der Waals surface area contributed by atoms with E-state index in [2.05, 4.69) is 0 Å². The van der Waals surface area contributed by atoms with Gasteiger partial charge in [0.25, 0.3) is 5.91 Å². The van der Waals surface area contributed by atoms with E-state index in [0.29, 0.717) is 5.56 Å². The maximum atomic E-state index is 11.9. The Hall–Kier alpha value is -1.81. The second kappa shape index (κ2) is 6.31. The van der Waals surface area contributed by atoms with Crippen molar-refractivity contribution >= 4 is 15.9 Å². The number of benzene rings is 1. The number of rotatable bonds is 5. The third-order valence-corrected chi connectivity index (χ3v) is 3.23. The van der Waals surface area contributed by atoms with Crippen LogP contribution in [0.1, 0.15) is 5.56 Å². The van der Waals surface area contributed by atoms with Crippen molar-refractivity contribution in [2.45, 2.75) is 18.0 Å². The number of sulfonamides is 1. The van der Waals surface area contributed by atoms with Gasteiger partial charge >= 0.3 is 6.18 Å². The van der Waals surface area contributed by atoms with E-state index >= 15 is 0 Å². The maximum Gasteiger partial charge on any atom is 0.405 e. The SMILES string of the molecule is Cc1cc(S(N)(=O)=O)ccc1OCC(=O)NCC(F)(F)F. The first kappa shape index (κ1) is 17.2. The first-order valence-electron chi connectivity index (χ1n) is 5.59. The Bertz CT molecular complexity index is 629. The normalized spacial score (nSPS) is 12.0. The van der Waals surface area contributed by atoms with Crippen LogP contribution in [-0.4, -0.2) is 33.7 Å². The van der Waals surface area contributed by atoms with Gasteiger partial charge in [0, 0.05) is 0 Å². The standard InChI is InChI=1S/C11H13F3N2O4S/c1-7-4-8(21(15,18)19)2-3-9(7)20-5-10(17)16-6-11(12,13)14/h2-4H,5-6H2,1H3,(H,16,17)(H2,15,18,19). The summed E-state index contributed by atoms with van der Waals surface area (Å²) < 4.78 is 62.9. The molecule has 1 rings (SSSR count). The minimum atomic E-state index is -4.50. The first-order valence-corrected chi connectivity index (χ1v) is 7.13. The molecular weight excluding hydrogens is 313 g/mol. The van der Waals surface area contributed by atoms with Crippen molar-refractivity contribution in [3.05, 3.63) is 23.8 Å². The second-order valence-electron chi connectivity index (χ2n) is 4.15. The van der Waals surface area contributed by atoms with Crippen molar-refractivity contribution in [1.82, 2.24) is 5.32 Å². The molecule has 0 radical (unpaired) electrons. The highest BCUT2D eigenvalue weighted by molar-refractivity contribution is 7.89. The molecule has 0 unspecified atom stereocenters. The summed E-state index contributed by atoms with van der Waals surface area (Å²) in [6.07, 6.45) is -4.50. The van der Waals surface area contributed by atoms with Gasteiger partial charge < -0.3 is 10.1 Å². The molecule has 1 amide bonds. The van der Waals surface area contributed by atoms with Crippen LogP contribution in [0.25, 0.3) is 0 Å². The topological polar surface area (TPSA) is 98.5 Å². The summed E-state index contributed by atoms with van der Waals surface area (Å²) >= 11 is 0. The van der Waals surface area contributed by atoms with E-state index in [0.717, 1.165) is 0 Å². The summed E-state index contributed by atoms with van der Waals surface area (Å²) in [5.74, 6) is -0.771. The average Bonchev–Trinajstić information content (AvgIpc) is 2.32. The fourth-order valence-electron chi connectivity index (χ4n) is 1.35. The van der Waals surface area contributed by atoms with Gasteiger partial charge in [0.15, 0.2) is 6.61 Å². The Morgan fingerprint density at radius 1 is 1.38 bits per heavy atom. The number of carbonyl (C=O) groups excluding carboxylic acids is 1. The zero-order valence-electron chi connectivity index (χ0n) is 10.9. The highest BCUT2D eigenvalue weighted by Gasteiger charge is 2.27. The Kier molecular flexibility index (Phi) is 5.18. The predicted octanol–water partition coefficient (Wildman–Crippen LogP) is 0.700. The van der Waals surface area contributed by atoms with Crippen LogP contribution in [0.3, 0.4) is 0 Å². The van der Waals surface area contributed by atoms with Gasteiger partial charge in [-0.2, -0.15) is 13.2 Å². The van der Waals surface area contributed by atoms with E-state index in [1.807, 2.05) is 0 Å². The number of halogens is 3. The molecule has 0 aliphatic rings. The number of amides is 1. The molecule has 0 saturated carbocycles. The van der Waals surface area contributed by atoms with Crippen LogP contribution in [0, 0.1) is 6.92 Å². The van der Waals surface area contributed by atoms with Crippen LogP contribution >= 0.6 is 0 Å². The van der Waals surface area contributed by atoms with Gasteiger partial charge in [-0.25, -0.2) is 13.6 Å². The van der Waals surface area contributed by atoms with Crippen LogP contribution < -0.4 is 15.2 Å². The Labute approximate surface area is 119 Å².